The van der Waals surface area contributed by atoms with E-state index in [1.165, 1.54) is 16.4 Å². The van der Waals surface area contributed by atoms with E-state index in [9.17, 15) is 12.8 Å². The van der Waals surface area contributed by atoms with Gasteiger partial charge in [-0.25, -0.2) is 17.8 Å². The lowest BCUT2D eigenvalue weighted by molar-refractivity contribution is 0.205. The van der Waals surface area contributed by atoms with E-state index in [0.717, 1.165) is 40.0 Å². The number of aliphatic imine (C=N–C) groups is 1. The van der Waals surface area contributed by atoms with Gasteiger partial charge in [-0.3, -0.25) is 0 Å². The van der Waals surface area contributed by atoms with E-state index in [-0.39, 0.29) is 17.5 Å². The summed E-state index contributed by atoms with van der Waals surface area (Å²) >= 11 is 0. The molecule has 182 valence electrons. The van der Waals surface area contributed by atoms with Gasteiger partial charge in [0.2, 0.25) is 10.0 Å². The van der Waals surface area contributed by atoms with E-state index in [2.05, 4.69) is 11.0 Å². The number of hydrogen-bond donors (Lipinski definition) is 0. The molecule has 3 aromatic carbocycles. The second kappa shape index (κ2) is 8.77. The first-order valence-corrected chi connectivity index (χ1v) is 13.1. The summed E-state index contributed by atoms with van der Waals surface area (Å²) in [7, 11) is -3.83. The van der Waals surface area contributed by atoms with Crippen molar-refractivity contribution in [2.24, 2.45) is 4.99 Å². The van der Waals surface area contributed by atoms with Crippen LogP contribution < -0.4 is 4.74 Å². The highest BCUT2D eigenvalue weighted by atomic mass is 32.2. The lowest BCUT2D eigenvalue weighted by atomic mass is 10.1. The van der Waals surface area contributed by atoms with Crippen LogP contribution in [0.2, 0.25) is 0 Å². The van der Waals surface area contributed by atoms with Crippen LogP contribution in [-0.2, 0) is 10.0 Å². The molecule has 0 spiro atoms. The Balaban J connectivity index is 1.49. The minimum Gasteiger partial charge on any atom is -0.454 e. The number of benzene rings is 3. The Morgan fingerprint density at radius 1 is 0.943 bits per heavy atom. The number of fused-ring (bicyclic) bond motifs is 2. The van der Waals surface area contributed by atoms with E-state index in [1.54, 1.807) is 6.92 Å². The average Bonchev–Trinajstić information content (AvgIpc) is 2.96. The van der Waals surface area contributed by atoms with E-state index < -0.39 is 15.8 Å². The van der Waals surface area contributed by atoms with E-state index >= 15 is 0 Å². The number of sulfonamides is 1. The Morgan fingerprint density at radius 3 is 2.43 bits per heavy atom. The summed E-state index contributed by atoms with van der Waals surface area (Å²) in [6.45, 7) is 8.68. The molecule has 0 radical (unpaired) electrons. The van der Waals surface area contributed by atoms with Crippen molar-refractivity contribution in [3.63, 3.8) is 0 Å². The molecule has 0 aromatic heterocycles. The van der Waals surface area contributed by atoms with Gasteiger partial charge in [0.05, 0.1) is 10.5 Å². The quantitative estimate of drug-likeness (QED) is 0.484. The van der Waals surface area contributed by atoms with Crippen molar-refractivity contribution in [3.05, 3.63) is 82.7 Å². The molecule has 2 heterocycles. The number of amidine groups is 1. The summed E-state index contributed by atoms with van der Waals surface area (Å²) in [4.78, 5) is 7.08. The van der Waals surface area contributed by atoms with Crippen LogP contribution in [0.4, 0.5) is 10.1 Å². The number of rotatable bonds is 2. The Bertz CT molecular complexity index is 1450. The smallest absolute Gasteiger partial charge is 0.243 e. The summed E-state index contributed by atoms with van der Waals surface area (Å²) in [6, 6.07) is 15.7. The number of halogens is 1. The first kappa shape index (κ1) is 23.5. The van der Waals surface area contributed by atoms with Crippen molar-refractivity contribution < 1.29 is 17.5 Å². The molecule has 1 fully saturated rings. The lowest BCUT2D eigenvalue weighted by Crippen LogP contribution is -2.55. The van der Waals surface area contributed by atoms with Crippen LogP contribution in [-0.4, -0.2) is 49.1 Å². The monoisotopic (exact) mass is 493 g/mol. The molecule has 1 saturated heterocycles. The van der Waals surface area contributed by atoms with Gasteiger partial charge in [0.1, 0.15) is 23.1 Å². The normalized spacial score (nSPS) is 18.3. The molecule has 35 heavy (non-hydrogen) atoms. The van der Waals surface area contributed by atoms with Crippen LogP contribution in [0.5, 0.6) is 11.5 Å². The van der Waals surface area contributed by atoms with E-state index in [1.807, 2.05) is 51.1 Å². The number of hydrogen-bond acceptors (Lipinski definition) is 5. The third kappa shape index (κ3) is 4.32. The zero-order valence-corrected chi connectivity index (χ0v) is 21.1. The zero-order chi connectivity index (χ0) is 24.9. The lowest BCUT2D eigenvalue weighted by Gasteiger charge is -2.40. The largest absolute Gasteiger partial charge is 0.454 e. The number of piperazine rings is 1. The first-order chi connectivity index (χ1) is 16.6. The highest BCUT2D eigenvalue weighted by molar-refractivity contribution is 7.89. The maximum atomic E-state index is 14.1. The van der Waals surface area contributed by atoms with Gasteiger partial charge < -0.3 is 9.64 Å². The summed E-state index contributed by atoms with van der Waals surface area (Å²) < 4.78 is 48.5. The van der Waals surface area contributed by atoms with Gasteiger partial charge in [-0.05, 0) is 75.2 Å². The summed E-state index contributed by atoms with van der Waals surface area (Å²) in [5.74, 6) is 1.65. The molecule has 6 nitrogen and oxygen atoms in total. The average molecular weight is 494 g/mol. The molecule has 0 saturated carbocycles. The minimum atomic E-state index is -3.83. The van der Waals surface area contributed by atoms with Gasteiger partial charge in [0.25, 0.3) is 0 Å². The number of aryl methyl sites for hydroxylation is 3. The second-order valence-corrected chi connectivity index (χ2v) is 11.2. The van der Waals surface area contributed by atoms with Gasteiger partial charge in [0.15, 0.2) is 5.75 Å². The van der Waals surface area contributed by atoms with Crippen molar-refractivity contribution >= 4 is 21.5 Å². The third-order valence-corrected chi connectivity index (χ3v) is 8.56. The van der Waals surface area contributed by atoms with Gasteiger partial charge in [-0.15, -0.1) is 0 Å². The summed E-state index contributed by atoms with van der Waals surface area (Å²) in [5, 5.41) is 0. The molecule has 0 unspecified atom stereocenters. The van der Waals surface area contributed by atoms with Gasteiger partial charge in [-0.2, -0.15) is 4.31 Å². The molecule has 5 rings (SSSR count). The van der Waals surface area contributed by atoms with Crippen LogP contribution in [0.25, 0.3) is 0 Å². The number of nitrogens with zero attached hydrogens (tertiary/aromatic N) is 3. The van der Waals surface area contributed by atoms with Crippen LogP contribution in [0, 0.1) is 26.6 Å². The van der Waals surface area contributed by atoms with Gasteiger partial charge >= 0.3 is 0 Å². The third-order valence-electron chi connectivity index (χ3n) is 6.55. The highest BCUT2D eigenvalue weighted by Crippen LogP contribution is 2.39. The Labute approximate surface area is 205 Å². The second-order valence-electron chi connectivity index (χ2n) is 9.33. The SMILES string of the molecule is Cc1ccc2c(c1)Oc1ccc(C)cc1C(N1CCN(S(=O)(=O)c3ccc(C)c(F)c3)[C@H](C)C1)=N2. The van der Waals surface area contributed by atoms with Crippen LogP contribution >= 0.6 is 0 Å². The predicted molar refractivity (Wildman–Crippen MR) is 135 cm³/mol. The summed E-state index contributed by atoms with van der Waals surface area (Å²) in [5.41, 5.74) is 4.19. The molecular formula is C27H28FN3O3S. The molecule has 0 bridgehead atoms. The molecule has 0 aliphatic carbocycles. The molecule has 1 atom stereocenters. The van der Waals surface area contributed by atoms with Crippen LogP contribution in [0.3, 0.4) is 0 Å². The van der Waals surface area contributed by atoms with Gasteiger partial charge in [-0.1, -0.05) is 23.8 Å². The van der Waals surface area contributed by atoms with Crippen molar-refractivity contribution in [2.75, 3.05) is 19.6 Å². The fourth-order valence-electron chi connectivity index (χ4n) is 4.60. The minimum absolute atomic E-state index is 0.0219. The van der Waals surface area contributed by atoms with Gasteiger partial charge in [0, 0.05) is 25.7 Å². The molecule has 8 heteroatoms. The number of ether oxygens (including phenoxy) is 1. The Hall–Kier alpha value is -3.23. The maximum Gasteiger partial charge on any atom is 0.243 e. The van der Waals surface area contributed by atoms with Crippen LogP contribution in [0.1, 0.15) is 29.2 Å². The molecule has 0 N–H and O–H groups in total. The van der Waals surface area contributed by atoms with Crippen molar-refractivity contribution in [1.82, 2.24) is 9.21 Å². The van der Waals surface area contributed by atoms with Crippen molar-refractivity contribution in [1.29, 1.82) is 0 Å². The van der Waals surface area contributed by atoms with Crippen LogP contribution in [0.15, 0.2) is 64.5 Å². The predicted octanol–water partition coefficient (Wildman–Crippen LogP) is 5.33. The van der Waals surface area contributed by atoms with Crippen molar-refractivity contribution in [2.45, 2.75) is 38.6 Å². The Kier molecular flexibility index (Phi) is 5.89. The molecule has 2 aliphatic heterocycles. The Morgan fingerprint density at radius 2 is 1.69 bits per heavy atom. The standard InChI is InChI=1S/C27H28FN3O3S/c1-17-6-10-25-22(13-17)27(29-24-9-5-18(2)14-26(24)34-25)30-11-12-31(20(4)16-30)35(32,33)21-8-7-19(3)23(28)15-21/h5-10,13-15,20H,11-12,16H2,1-4H3/t20-/m1/s1. The molecule has 3 aromatic rings. The van der Waals surface area contributed by atoms with Crippen molar-refractivity contribution in [3.8, 4) is 11.5 Å². The van der Waals surface area contributed by atoms with E-state index in [0.29, 0.717) is 24.4 Å². The maximum absolute atomic E-state index is 14.1. The highest BCUT2D eigenvalue weighted by Gasteiger charge is 2.36. The first-order valence-electron chi connectivity index (χ1n) is 11.6. The molecule has 0 amide bonds. The molecule has 2 aliphatic rings. The van der Waals surface area contributed by atoms with E-state index in [4.69, 9.17) is 9.73 Å². The zero-order valence-electron chi connectivity index (χ0n) is 20.2. The summed E-state index contributed by atoms with van der Waals surface area (Å²) in [6.07, 6.45) is 0. The fourth-order valence-corrected chi connectivity index (χ4v) is 6.22. The topological polar surface area (TPSA) is 62.2 Å². The molecular weight excluding hydrogens is 465 g/mol. The fraction of sp³-hybridized carbons (Fsp3) is 0.296.